The first-order valence-electron chi connectivity index (χ1n) is 20.3. The molecule has 0 aromatic rings. The normalized spacial score (nSPS) is 11.6. The molecule has 54 heavy (non-hydrogen) atoms. The zero-order valence-electron chi connectivity index (χ0n) is 33.0. The van der Waals surface area contributed by atoms with E-state index in [4.69, 9.17) is 24.1 Å². The molecular weight excluding hydrogens is 702 g/mol. The topological polar surface area (TPSA) is 216 Å². The number of hydrogen-bond donors (Lipinski definition) is 5. The second-order valence-electron chi connectivity index (χ2n) is 13.5. The minimum atomic E-state index is -1.17. The largest absolute Gasteiger partial charge is 0.481 e. The van der Waals surface area contributed by atoms with Crippen molar-refractivity contribution in [3.63, 3.8) is 0 Å². The Labute approximate surface area is 322 Å². The van der Waals surface area contributed by atoms with Crippen molar-refractivity contribution in [2.75, 3.05) is 65.9 Å². The van der Waals surface area contributed by atoms with E-state index in [0.717, 1.165) is 44.9 Å². The maximum Gasteiger partial charge on any atom is 0.326 e. The lowest BCUT2D eigenvalue weighted by atomic mass is 10.0. The fourth-order valence-corrected chi connectivity index (χ4v) is 5.38. The zero-order valence-corrected chi connectivity index (χ0v) is 33.0. The first kappa shape index (κ1) is 50.9. The van der Waals surface area contributed by atoms with Gasteiger partial charge in [0.05, 0.1) is 33.0 Å². The number of ketones is 1. The zero-order chi connectivity index (χ0) is 39.9. The number of amides is 3. The molecule has 0 bridgehead atoms. The van der Waals surface area contributed by atoms with Crippen LogP contribution in [0.4, 0.5) is 0 Å². The van der Waals surface area contributed by atoms with E-state index < -0.39 is 18.0 Å². The second-order valence-corrected chi connectivity index (χ2v) is 13.5. The summed E-state index contributed by atoms with van der Waals surface area (Å²) in [7, 11) is 0. The Bertz CT molecular complexity index is 998. The molecule has 0 aromatic carbocycles. The molecule has 3 amide bonds. The number of carbonyl (C=O) groups excluding carboxylic acids is 4. The van der Waals surface area contributed by atoms with Crippen molar-refractivity contribution < 1.29 is 57.9 Å². The molecule has 0 aliphatic rings. The molecule has 0 aromatic heterocycles. The highest BCUT2D eigenvalue weighted by molar-refractivity contribution is 5.84. The highest BCUT2D eigenvalue weighted by atomic mass is 16.5. The minimum absolute atomic E-state index is 0.00237. The third-order valence-corrected chi connectivity index (χ3v) is 8.46. The van der Waals surface area contributed by atoms with Crippen LogP contribution < -0.4 is 16.0 Å². The van der Waals surface area contributed by atoms with Gasteiger partial charge in [-0.1, -0.05) is 84.0 Å². The van der Waals surface area contributed by atoms with E-state index >= 15 is 0 Å². The van der Waals surface area contributed by atoms with Crippen LogP contribution in [0.15, 0.2) is 0 Å². The summed E-state index contributed by atoms with van der Waals surface area (Å²) in [4.78, 5) is 69.9. The highest BCUT2D eigenvalue weighted by Gasteiger charge is 2.20. The molecule has 1 atom stereocenters. The molecule has 0 heterocycles. The summed E-state index contributed by atoms with van der Waals surface area (Å²) < 4.78 is 21.3. The van der Waals surface area contributed by atoms with Crippen LogP contribution in [0, 0.1) is 0 Å². The van der Waals surface area contributed by atoms with E-state index in [1.165, 1.54) is 44.9 Å². The standard InChI is InChI=1S/C39H71N3O12/c1-2-23-40-37(46)32-54-30-27-51-25-17-18-33(43)31-53-29-28-52-26-24-41-35(44)22-21-34(39(49)50)42-36(45)19-15-13-11-9-7-5-3-4-6-8-10-12-14-16-20-38(47)48/h34H,2-32H2,1H3,(H,40,46)(H,41,44)(H,42,45)(H,47,48)(H,49,50)/t34-/m0/s1. The van der Waals surface area contributed by atoms with Gasteiger partial charge in [-0.3, -0.25) is 24.0 Å². The summed E-state index contributed by atoms with van der Waals surface area (Å²) in [6, 6.07) is -1.13. The van der Waals surface area contributed by atoms with Gasteiger partial charge in [0.2, 0.25) is 17.7 Å². The third-order valence-electron chi connectivity index (χ3n) is 8.46. The number of Topliss-reactive ketones (excluding diaryl/α,β-unsaturated/α-hetero) is 1. The Kier molecular flexibility index (Phi) is 35.9. The quantitative estimate of drug-likeness (QED) is 0.0534. The molecular formula is C39H71N3O12. The molecule has 0 fully saturated rings. The van der Waals surface area contributed by atoms with Gasteiger partial charge in [-0.05, 0) is 32.1 Å². The predicted molar refractivity (Wildman–Crippen MR) is 204 cm³/mol. The van der Waals surface area contributed by atoms with Crippen molar-refractivity contribution in [3.05, 3.63) is 0 Å². The van der Waals surface area contributed by atoms with Gasteiger partial charge in [-0.25, -0.2) is 4.79 Å². The molecule has 0 saturated carbocycles. The average molecular weight is 774 g/mol. The smallest absolute Gasteiger partial charge is 0.326 e. The summed E-state index contributed by atoms with van der Waals surface area (Å²) in [5, 5.41) is 26.1. The van der Waals surface area contributed by atoms with Crippen molar-refractivity contribution in [1.82, 2.24) is 16.0 Å². The minimum Gasteiger partial charge on any atom is -0.481 e. The monoisotopic (exact) mass is 774 g/mol. The van der Waals surface area contributed by atoms with E-state index in [1.807, 2.05) is 6.92 Å². The summed E-state index contributed by atoms with van der Waals surface area (Å²) >= 11 is 0. The van der Waals surface area contributed by atoms with E-state index in [-0.39, 0.29) is 88.8 Å². The summed E-state index contributed by atoms with van der Waals surface area (Å²) in [6.07, 6.45) is 17.4. The molecule has 0 aliphatic carbocycles. The van der Waals surface area contributed by atoms with Gasteiger partial charge < -0.3 is 45.1 Å². The molecule has 0 unspecified atom stereocenters. The van der Waals surface area contributed by atoms with Crippen molar-refractivity contribution >= 4 is 35.4 Å². The molecule has 5 N–H and O–H groups in total. The molecule has 0 aliphatic heterocycles. The van der Waals surface area contributed by atoms with Gasteiger partial charge >= 0.3 is 11.9 Å². The van der Waals surface area contributed by atoms with Gasteiger partial charge in [-0.2, -0.15) is 0 Å². The number of rotatable bonds is 41. The van der Waals surface area contributed by atoms with Crippen LogP contribution in [0.3, 0.4) is 0 Å². The Morgan fingerprint density at radius 3 is 1.54 bits per heavy atom. The van der Waals surface area contributed by atoms with Crippen molar-refractivity contribution in [2.24, 2.45) is 0 Å². The van der Waals surface area contributed by atoms with Crippen molar-refractivity contribution in [2.45, 2.75) is 148 Å². The number of carbonyl (C=O) groups is 6. The summed E-state index contributed by atoms with van der Waals surface area (Å²) in [6.45, 7) is 4.56. The van der Waals surface area contributed by atoms with E-state index in [1.54, 1.807) is 0 Å². The highest BCUT2D eigenvalue weighted by Crippen LogP contribution is 2.14. The van der Waals surface area contributed by atoms with Crippen LogP contribution in [0.2, 0.25) is 0 Å². The van der Waals surface area contributed by atoms with Gasteiger partial charge in [0, 0.05) is 45.4 Å². The second kappa shape index (κ2) is 38.1. The van der Waals surface area contributed by atoms with Crippen LogP contribution in [-0.4, -0.2) is 118 Å². The van der Waals surface area contributed by atoms with Crippen LogP contribution in [0.5, 0.6) is 0 Å². The number of ether oxygens (including phenoxy) is 4. The van der Waals surface area contributed by atoms with E-state index in [2.05, 4.69) is 16.0 Å². The van der Waals surface area contributed by atoms with E-state index in [0.29, 0.717) is 45.6 Å². The predicted octanol–water partition coefficient (Wildman–Crippen LogP) is 4.72. The van der Waals surface area contributed by atoms with Crippen LogP contribution in [-0.2, 0) is 47.7 Å². The molecule has 15 heteroatoms. The first-order chi connectivity index (χ1) is 26.1. The van der Waals surface area contributed by atoms with Gasteiger partial charge in [0.1, 0.15) is 19.3 Å². The Balaban J connectivity index is 3.65. The Hall–Kier alpha value is -3.14. The Morgan fingerprint density at radius 1 is 0.481 bits per heavy atom. The SMILES string of the molecule is CCCNC(=O)COCCOCCCC(=O)COCCOCCNC(=O)CC[C@H](NC(=O)CCCCCCCCCCCCCCCCC(=O)O)C(=O)O. The van der Waals surface area contributed by atoms with E-state index in [9.17, 15) is 33.9 Å². The van der Waals surface area contributed by atoms with Gasteiger partial charge in [0.15, 0.2) is 5.78 Å². The number of nitrogens with one attached hydrogen (secondary N) is 3. The fourth-order valence-electron chi connectivity index (χ4n) is 5.38. The lowest BCUT2D eigenvalue weighted by Gasteiger charge is -2.14. The summed E-state index contributed by atoms with van der Waals surface area (Å²) in [5.41, 5.74) is 0. The van der Waals surface area contributed by atoms with Crippen LogP contribution in [0.1, 0.15) is 142 Å². The van der Waals surface area contributed by atoms with Crippen molar-refractivity contribution in [1.29, 1.82) is 0 Å². The lowest BCUT2D eigenvalue weighted by molar-refractivity contribution is -0.142. The number of carboxylic acid groups (broad SMARTS) is 2. The molecule has 0 saturated heterocycles. The fraction of sp³-hybridized carbons (Fsp3) is 0.846. The molecule has 0 radical (unpaired) electrons. The number of unbranched alkanes of at least 4 members (excludes halogenated alkanes) is 13. The van der Waals surface area contributed by atoms with Crippen LogP contribution in [0.25, 0.3) is 0 Å². The summed E-state index contributed by atoms with van der Waals surface area (Å²) in [5.74, 6) is -2.74. The van der Waals surface area contributed by atoms with Crippen molar-refractivity contribution in [3.8, 4) is 0 Å². The Morgan fingerprint density at radius 2 is 0.981 bits per heavy atom. The number of aliphatic carboxylic acids is 2. The maximum absolute atomic E-state index is 12.3. The van der Waals surface area contributed by atoms with Gasteiger partial charge in [-0.15, -0.1) is 0 Å². The lowest BCUT2D eigenvalue weighted by Crippen LogP contribution is -2.41. The maximum atomic E-state index is 12.3. The third kappa shape index (κ3) is 37.2. The first-order valence-corrected chi connectivity index (χ1v) is 20.3. The molecule has 314 valence electrons. The average Bonchev–Trinajstić information content (AvgIpc) is 3.14. The van der Waals surface area contributed by atoms with Crippen LogP contribution >= 0.6 is 0 Å². The molecule has 0 rings (SSSR count). The number of hydrogen-bond acceptors (Lipinski definition) is 10. The van der Waals surface area contributed by atoms with Gasteiger partial charge in [0.25, 0.3) is 0 Å². The molecule has 0 spiro atoms. The number of carboxylic acids is 2. The molecule has 15 nitrogen and oxygen atoms in total.